The fourth-order valence-electron chi connectivity index (χ4n) is 0.967. The molecule has 0 saturated heterocycles. The van der Waals surface area contributed by atoms with E-state index in [-0.39, 0.29) is 35.8 Å². The standard InChI is InChI=1S/2C6H5NO2.3C2H5.Sb/c2*8-6(9)5-3-1-2-4-7-5;3*1-2;/h2*1-4H,(H,8,9);3*1H2,2H3;/p-2. The van der Waals surface area contributed by atoms with Gasteiger partial charge in [0.05, 0.1) is 23.3 Å². The molecule has 0 aliphatic heterocycles. The van der Waals surface area contributed by atoms with Crippen LogP contribution in [0, 0.1) is 20.8 Å². The van der Waals surface area contributed by atoms with Crippen molar-refractivity contribution >= 4 is 36.4 Å². The van der Waals surface area contributed by atoms with Crippen LogP contribution in [0.4, 0.5) is 0 Å². The number of rotatable bonds is 2. The van der Waals surface area contributed by atoms with Crippen molar-refractivity contribution in [3.8, 4) is 0 Å². The second kappa shape index (κ2) is 24.3. The number of hydrogen-bond donors (Lipinski definition) is 0. The zero-order valence-corrected chi connectivity index (χ0v) is 17.3. The molecule has 136 valence electrons. The summed E-state index contributed by atoms with van der Waals surface area (Å²) in [6, 6.07) is 9.25. The van der Waals surface area contributed by atoms with Crippen LogP contribution in [0.2, 0.25) is 0 Å². The van der Waals surface area contributed by atoms with E-state index >= 15 is 0 Å². The Hall–Kier alpha value is -1.94. The molecule has 0 fully saturated rings. The predicted octanol–water partition coefficient (Wildman–Crippen LogP) is 1.03. The van der Waals surface area contributed by atoms with Crippen LogP contribution in [0.5, 0.6) is 0 Å². The Kier molecular flexibility index (Phi) is 30.0. The molecule has 0 amide bonds. The van der Waals surface area contributed by atoms with E-state index in [1.807, 2.05) is 0 Å². The molecule has 2 heterocycles. The van der Waals surface area contributed by atoms with Crippen molar-refractivity contribution in [2.75, 3.05) is 0 Å². The smallest absolute Gasteiger partial charge is 0.0899 e. The van der Waals surface area contributed by atoms with Gasteiger partial charge >= 0.3 is 0 Å². The van der Waals surface area contributed by atoms with Gasteiger partial charge in [0.25, 0.3) is 0 Å². The molecule has 2 aromatic rings. The molecule has 2 aromatic heterocycles. The van der Waals surface area contributed by atoms with Crippen LogP contribution in [-0.4, -0.2) is 46.3 Å². The van der Waals surface area contributed by atoms with E-state index in [4.69, 9.17) is 0 Å². The molecule has 0 unspecified atom stereocenters. The van der Waals surface area contributed by atoms with Gasteiger partial charge in [-0.2, -0.15) is 0 Å². The van der Waals surface area contributed by atoms with Gasteiger partial charge in [-0.3, -0.25) is 9.97 Å². The zero-order chi connectivity index (χ0) is 19.4. The van der Waals surface area contributed by atoms with Crippen LogP contribution in [-0.2, 0) is 0 Å². The second-order valence-electron chi connectivity index (χ2n) is 3.00. The summed E-state index contributed by atoms with van der Waals surface area (Å²) in [6.07, 6.45) is 2.82. The molecule has 0 spiro atoms. The number of carbonyl (C=O) groups is 2. The van der Waals surface area contributed by atoms with Crippen molar-refractivity contribution in [1.82, 2.24) is 9.97 Å². The Balaban J connectivity index is -0.000000132. The Morgan fingerprint density at radius 1 is 0.720 bits per heavy atom. The number of pyridine rings is 2. The van der Waals surface area contributed by atoms with Gasteiger partial charge < -0.3 is 19.8 Å². The van der Waals surface area contributed by atoms with Gasteiger partial charge in [-0.05, 0) is 24.3 Å². The van der Waals surface area contributed by atoms with Gasteiger partial charge in [0.1, 0.15) is 0 Å². The normalized spacial score (nSPS) is 7.12. The first-order chi connectivity index (χ1) is 11.6. The molecule has 7 heteroatoms. The molecule has 0 saturated carbocycles. The quantitative estimate of drug-likeness (QED) is 0.630. The molecule has 2 rings (SSSR count). The zero-order valence-electron chi connectivity index (χ0n) is 14.7. The van der Waals surface area contributed by atoms with Gasteiger partial charge in [-0.15, -0.1) is 0 Å². The molecule has 25 heavy (non-hydrogen) atoms. The minimum absolute atomic E-state index is 0. The van der Waals surface area contributed by atoms with Crippen molar-refractivity contribution in [2.24, 2.45) is 0 Å². The molecule has 0 atom stereocenters. The van der Waals surface area contributed by atoms with E-state index in [0.29, 0.717) is 0 Å². The van der Waals surface area contributed by atoms with Crippen molar-refractivity contribution < 1.29 is 19.8 Å². The fourth-order valence-corrected chi connectivity index (χ4v) is 0.967. The SMILES string of the molecule is O=C([O-])c1ccccn1.O=C([O-])c1ccccn1.[CH2]C.[CH2]C.[CH2]C.[Sb]. The maximum absolute atomic E-state index is 10.0. The van der Waals surface area contributed by atoms with Crippen LogP contribution in [0.1, 0.15) is 41.7 Å². The predicted molar refractivity (Wildman–Crippen MR) is 96.0 cm³/mol. The van der Waals surface area contributed by atoms with Gasteiger partial charge in [0.15, 0.2) is 0 Å². The summed E-state index contributed by atoms with van der Waals surface area (Å²) in [5.41, 5.74) is -0.0602. The third-order valence-electron chi connectivity index (χ3n) is 1.75. The molecule has 0 aliphatic rings. The maximum Gasteiger partial charge on any atom is 0.0899 e. The van der Waals surface area contributed by atoms with Crippen molar-refractivity contribution in [3.05, 3.63) is 81.0 Å². The number of carboxylic acids is 2. The number of carboxylic acid groups (broad SMARTS) is 2. The van der Waals surface area contributed by atoms with Gasteiger partial charge in [0.2, 0.25) is 0 Å². The number of hydrogen-bond acceptors (Lipinski definition) is 6. The van der Waals surface area contributed by atoms with Gasteiger partial charge in [-0.1, -0.05) is 53.7 Å². The first-order valence-corrected chi connectivity index (χ1v) is 6.98. The number of carbonyl (C=O) groups excluding carboxylic acids is 2. The topological polar surface area (TPSA) is 106 Å². The van der Waals surface area contributed by atoms with Crippen molar-refractivity contribution in [3.63, 3.8) is 0 Å². The van der Waals surface area contributed by atoms with Crippen LogP contribution in [0.25, 0.3) is 0 Å². The number of nitrogens with zero attached hydrogens (tertiary/aromatic N) is 2. The second-order valence-corrected chi connectivity index (χ2v) is 3.00. The Morgan fingerprint density at radius 3 is 1.12 bits per heavy atom. The van der Waals surface area contributed by atoms with Gasteiger partial charge in [0, 0.05) is 36.8 Å². The fraction of sp³-hybridized carbons (Fsp3) is 0.167. The Bertz CT molecular complexity index is 474. The van der Waals surface area contributed by atoms with E-state index in [1.165, 1.54) is 24.5 Å². The Labute approximate surface area is 167 Å². The van der Waals surface area contributed by atoms with E-state index in [0.717, 1.165) is 0 Å². The minimum atomic E-state index is -1.24. The van der Waals surface area contributed by atoms with Crippen molar-refractivity contribution in [2.45, 2.75) is 20.8 Å². The van der Waals surface area contributed by atoms with E-state index in [9.17, 15) is 19.8 Å². The molecule has 0 aliphatic carbocycles. The summed E-state index contributed by atoms with van der Waals surface area (Å²) >= 11 is 0. The molecule has 6 radical (unpaired) electrons. The summed E-state index contributed by atoms with van der Waals surface area (Å²) < 4.78 is 0. The average Bonchev–Trinajstić information content (AvgIpc) is 2.68. The monoisotopic (exact) mass is 452 g/mol. The van der Waals surface area contributed by atoms with E-state index in [1.54, 1.807) is 45.0 Å². The number of aromatic carboxylic acids is 2. The first-order valence-electron chi connectivity index (χ1n) is 6.98. The van der Waals surface area contributed by atoms with Crippen LogP contribution in [0.3, 0.4) is 0 Å². The minimum Gasteiger partial charge on any atom is -0.543 e. The third-order valence-corrected chi connectivity index (χ3v) is 1.75. The molecular formula is C18H23N2O4Sb-2. The number of aromatic nitrogens is 2. The molecule has 0 bridgehead atoms. The maximum atomic E-state index is 10.0. The Morgan fingerprint density at radius 2 is 1.00 bits per heavy atom. The summed E-state index contributed by atoms with van der Waals surface area (Å²) in [4.78, 5) is 27.1. The molecule has 0 aromatic carbocycles. The van der Waals surface area contributed by atoms with Crippen LogP contribution < -0.4 is 10.2 Å². The summed E-state index contributed by atoms with van der Waals surface area (Å²) in [7, 11) is 0. The molecular weight excluding hydrogens is 430 g/mol. The third kappa shape index (κ3) is 18.2. The van der Waals surface area contributed by atoms with Crippen LogP contribution in [0.15, 0.2) is 48.8 Å². The first kappa shape index (κ1) is 30.9. The van der Waals surface area contributed by atoms with E-state index in [2.05, 4.69) is 30.7 Å². The summed E-state index contributed by atoms with van der Waals surface area (Å²) in [6.45, 7) is 15.0. The summed E-state index contributed by atoms with van der Waals surface area (Å²) in [5.74, 6) is -2.48. The van der Waals surface area contributed by atoms with Crippen LogP contribution >= 0.6 is 0 Å². The van der Waals surface area contributed by atoms with E-state index < -0.39 is 11.9 Å². The largest absolute Gasteiger partial charge is 0.543 e. The summed E-state index contributed by atoms with van der Waals surface area (Å²) in [5, 5.41) is 20.1. The molecule has 6 nitrogen and oxygen atoms in total. The molecule has 0 N–H and O–H groups in total. The van der Waals surface area contributed by atoms with Gasteiger partial charge in [-0.25, -0.2) is 0 Å². The van der Waals surface area contributed by atoms with Crippen molar-refractivity contribution in [1.29, 1.82) is 0 Å². The average molecular weight is 453 g/mol.